The zero-order valence-corrected chi connectivity index (χ0v) is 13.7. The number of piperazine rings is 1. The molecule has 0 atom stereocenters. The minimum atomic E-state index is -0.299. The summed E-state index contributed by atoms with van der Waals surface area (Å²) in [7, 11) is 2.10. The Labute approximate surface area is 141 Å². The van der Waals surface area contributed by atoms with Crippen LogP contribution in [0.25, 0.3) is 0 Å². The Morgan fingerprint density at radius 1 is 0.958 bits per heavy atom. The van der Waals surface area contributed by atoms with Gasteiger partial charge in [-0.1, -0.05) is 0 Å². The summed E-state index contributed by atoms with van der Waals surface area (Å²) >= 11 is 0. The summed E-state index contributed by atoms with van der Waals surface area (Å²) in [6.45, 7) is 4.30. The van der Waals surface area contributed by atoms with Crippen LogP contribution in [0.2, 0.25) is 0 Å². The summed E-state index contributed by atoms with van der Waals surface area (Å²) in [4.78, 5) is 16.8. The zero-order chi connectivity index (χ0) is 16.9. The Balaban J connectivity index is 1.57. The molecule has 0 saturated carbocycles. The molecular formula is C19H21FN2O2. The minimum Gasteiger partial charge on any atom is -0.457 e. The highest BCUT2D eigenvalue weighted by Gasteiger charge is 2.17. The van der Waals surface area contributed by atoms with E-state index in [9.17, 15) is 9.18 Å². The van der Waals surface area contributed by atoms with Crippen LogP contribution in [0, 0.1) is 5.82 Å². The highest BCUT2D eigenvalue weighted by atomic mass is 19.1. The zero-order valence-electron chi connectivity index (χ0n) is 13.7. The minimum absolute atomic E-state index is 0.118. The van der Waals surface area contributed by atoms with Crippen LogP contribution in [0.15, 0.2) is 48.5 Å². The van der Waals surface area contributed by atoms with Crippen LogP contribution in [0.3, 0.4) is 0 Å². The number of rotatable bonds is 5. The molecule has 0 radical (unpaired) electrons. The number of halogens is 1. The van der Waals surface area contributed by atoms with Crippen molar-refractivity contribution in [3.63, 3.8) is 0 Å². The van der Waals surface area contributed by atoms with Gasteiger partial charge in [-0.2, -0.15) is 0 Å². The second kappa shape index (κ2) is 7.55. The maximum Gasteiger partial charge on any atom is 0.176 e. The molecule has 126 valence electrons. The van der Waals surface area contributed by atoms with Crippen molar-refractivity contribution < 1.29 is 13.9 Å². The van der Waals surface area contributed by atoms with E-state index >= 15 is 0 Å². The van der Waals surface area contributed by atoms with Crippen LogP contribution in [-0.2, 0) is 0 Å². The van der Waals surface area contributed by atoms with Crippen LogP contribution in [0.5, 0.6) is 11.5 Å². The lowest BCUT2D eigenvalue weighted by Crippen LogP contribution is -2.46. The van der Waals surface area contributed by atoms with Crippen LogP contribution >= 0.6 is 0 Å². The average molecular weight is 328 g/mol. The topological polar surface area (TPSA) is 32.8 Å². The average Bonchev–Trinajstić information content (AvgIpc) is 2.59. The molecule has 1 aliphatic heterocycles. The molecule has 0 bridgehead atoms. The number of hydrogen-bond donors (Lipinski definition) is 0. The SMILES string of the molecule is CN1CCN(CC(=O)c2ccc(Oc3ccc(F)cc3)cc2)CC1. The summed E-state index contributed by atoms with van der Waals surface area (Å²) in [5.74, 6) is 1.01. The molecule has 24 heavy (non-hydrogen) atoms. The maximum absolute atomic E-state index is 12.9. The molecule has 1 aliphatic rings. The second-order valence-electron chi connectivity index (χ2n) is 6.08. The smallest absolute Gasteiger partial charge is 0.176 e. The first-order valence-corrected chi connectivity index (χ1v) is 8.08. The number of carbonyl (C=O) groups excluding carboxylic acids is 1. The van der Waals surface area contributed by atoms with Gasteiger partial charge in [0.25, 0.3) is 0 Å². The molecule has 1 fully saturated rings. The lowest BCUT2D eigenvalue weighted by molar-refractivity contribution is 0.0876. The maximum atomic E-state index is 12.9. The van der Waals surface area contributed by atoms with Gasteiger partial charge >= 0.3 is 0 Å². The standard InChI is InChI=1S/C19H21FN2O2/c1-21-10-12-22(13-11-21)14-19(23)15-2-6-17(7-3-15)24-18-8-4-16(20)5-9-18/h2-9H,10-14H2,1H3. The van der Waals surface area contributed by atoms with Gasteiger partial charge in [-0.3, -0.25) is 9.69 Å². The van der Waals surface area contributed by atoms with E-state index in [4.69, 9.17) is 4.74 Å². The fourth-order valence-corrected chi connectivity index (χ4v) is 2.65. The molecule has 1 saturated heterocycles. The monoisotopic (exact) mass is 328 g/mol. The van der Waals surface area contributed by atoms with E-state index in [1.165, 1.54) is 12.1 Å². The third kappa shape index (κ3) is 4.40. The summed E-state index contributed by atoms with van der Waals surface area (Å²) < 4.78 is 18.5. The highest BCUT2D eigenvalue weighted by Crippen LogP contribution is 2.22. The van der Waals surface area contributed by atoms with Crippen molar-refractivity contribution >= 4 is 5.78 Å². The molecule has 5 heteroatoms. The summed E-state index contributed by atoms with van der Waals surface area (Å²) in [6.07, 6.45) is 0. The van der Waals surface area contributed by atoms with Crippen LogP contribution < -0.4 is 4.74 Å². The lowest BCUT2D eigenvalue weighted by atomic mass is 10.1. The number of likely N-dealkylation sites (N-methyl/N-ethyl adjacent to an activating group) is 1. The van der Waals surface area contributed by atoms with Gasteiger partial charge in [-0.15, -0.1) is 0 Å². The van der Waals surface area contributed by atoms with Crippen molar-refractivity contribution in [2.45, 2.75) is 0 Å². The van der Waals surface area contributed by atoms with Crippen molar-refractivity contribution in [2.75, 3.05) is 39.8 Å². The predicted octanol–water partition coefficient (Wildman–Crippen LogP) is 3.05. The molecule has 2 aromatic rings. The van der Waals surface area contributed by atoms with Crippen molar-refractivity contribution in [3.05, 3.63) is 59.9 Å². The molecule has 0 spiro atoms. The molecule has 0 amide bonds. The summed E-state index contributed by atoms with van der Waals surface area (Å²) in [5, 5.41) is 0. The number of Topliss-reactive ketones (excluding diaryl/α,β-unsaturated/α-hetero) is 1. The van der Waals surface area contributed by atoms with E-state index in [2.05, 4.69) is 16.8 Å². The summed E-state index contributed by atoms with van der Waals surface area (Å²) in [6, 6.07) is 12.9. The molecule has 3 rings (SSSR count). The van der Waals surface area contributed by atoms with Gasteiger partial charge in [-0.05, 0) is 55.6 Å². The van der Waals surface area contributed by atoms with Crippen molar-refractivity contribution in [1.82, 2.24) is 9.80 Å². The van der Waals surface area contributed by atoms with Gasteiger partial charge in [0, 0.05) is 31.7 Å². The van der Waals surface area contributed by atoms with Crippen LogP contribution in [-0.4, -0.2) is 55.4 Å². The molecule has 0 unspecified atom stereocenters. The molecule has 4 nitrogen and oxygen atoms in total. The second-order valence-corrected chi connectivity index (χ2v) is 6.08. The molecule has 2 aromatic carbocycles. The fourth-order valence-electron chi connectivity index (χ4n) is 2.65. The highest BCUT2D eigenvalue weighted by molar-refractivity contribution is 5.97. The molecular weight excluding hydrogens is 307 g/mol. The Morgan fingerprint density at radius 3 is 2.08 bits per heavy atom. The van der Waals surface area contributed by atoms with Gasteiger partial charge in [-0.25, -0.2) is 4.39 Å². The van der Waals surface area contributed by atoms with Gasteiger partial charge in [0.15, 0.2) is 5.78 Å². The number of ketones is 1. The Bertz CT molecular complexity index is 678. The number of nitrogens with zero attached hydrogens (tertiary/aromatic N) is 2. The molecule has 0 N–H and O–H groups in total. The van der Waals surface area contributed by atoms with E-state index in [0.717, 1.165) is 26.2 Å². The first kappa shape index (κ1) is 16.6. The van der Waals surface area contributed by atoms with Gasteiger partial charge < -0.3 is 9.64 Å². The van der Waals surface area contributed by atoms with Gasteiger partial charge in [0.05, 0.1) is 6.54 Å². The van der Waals surface area contributed by atoms with Crippen molar-refractivity contribution in [2.24, 2.45) is 0 Å². The normalized spacial score (nSPS) is 16.1. The third-order valence-corrected chi connectivity index (χ3v) is 4.19. The van der Waals surface area contributed by atoms with Gasteiger partial charge in [0.1, 0.15) is 17.3 Å². The number of carbonyl (C=O) groups is 1. The Kier molecular flexibility index (Phi) is 5.23. The fraction of sp³-hybridized carbons (Fsp3) is 0.316. The van der Waals surface area contributed by atoms with Crippen LogP contribution in [0.4, 0.5) is 4.39 Å². The predicted molar refractivity (Wildman–Crippen MR) is 91.2 cm³/mol. The van der Waals surface area contributed by atoms with Crippen molar-refractivity contribution in [3.8, 4) is 11.5 Å². The van der Waals surface area contributed by atoms with E-state index in [1.54, 1.807) is 36.4 Å². The summed E-state index contributed by atoms with van der Waals surface area (Å²) in [5.41, 5.74) is 0.681. The molecule has 1 heterocycles. The van der Waals surface area contributed by atoms with Crippen molar-refractivity contribution in [1.29, 1.82) is 0 Å². The van der Waals surface area contributed by atoms with Gasteiger partial charge in [0.2, 0.25) is 0 Å². The lowest BCUT2D eigenvalue weighted by Gasteiger charge is -2.31. The van der Waals surface area contributed by atoms with E-state index in [1.807, 2.05) is 0 Å². The van der Waals surface area contributed by atoms with E-state index < -0.39 is 0 Å². The van der Waals surface area contributed by atoms with E-state index in [-0.39, 0.29) is 11.6 Å². The number of ether oxygens (including phenoxy) is 1. The molecule has 0 aromatic heterocycles. The quantitative estimate of drug-likeness (QED) is 0.790. The first-order valence-electron chi connectivity index (χ1n) is 8.08. The van der Waals surface area contributed by atoms with E-state index in [0.29, 0.717) is 23.6 Å². The van der Waals surface area contributed by atoms with Crippen LogP contribution in [0.1, 0.15) is 10.4 Å². The Hall–Kier alpha value is -2.24. The largest absolute Gasteiger partial charge is 0.457 e. The number of hydrogen-bond acceptors (Lipinski definition) is 4. The Morgan fingerprint density at radius 2 is 1.50 bits per heavy atom. The first-order chi connectivity index (χ1) is 11.6. The third-order valence-electron chi connectivity index (χ3n) is 4.19. The molecule has 0 aliphatic carbocycles. The number of benzene rings is 2.